The molecule has 2 rings (SSSR count). The van der Waals surface area contributed by atoms with Gasteiger partial charge in [-0.1, -0.05) is 39.8 Å². The number of benzene rings is 1. The van der Waals surface area contributed by atoms with Crippen molar-refractivity contribution in [3.63, 3.8) is 0 Å². The first-order valence-corrected chi connectivity index (χ1v) is 11.5. The molecular formula is C25H37N3O3S. The highest BCUT2D eigenvalue weighted by Crippen LogP contribution is 2.32. The molecule has 6 nitrogen and oxygen atoms in total. The molecule has 0 fully saturated rings. The van der Waals surface area contributed by atoms with Gasteiger partial charge in [0.1, 0.15) is 0 Å². The molecule has 1 amide bonds. The summed E-state index contributed by atoms with van der Waals surface area (Å²) in [7, 11) is 1.82. The Kier molecular flexibility index (Phi) is 8.46. The molecule has 0 aromatic heterocycles. The number of hydrogen-bond acceptors (Lipinski definition) is 4. The lowest BCUT2D eigenvalue weighted by Gasteiger charge is -2.35. The zero-order valence-corrected chi connectivity index (χ0v) is 21.4. The number of hydrogen-bond donors (Lipinski definition) is 2. The third-order valence-corrected chi connectivity index (χ3v) is 5.73. The second-order valence-electron chi connectivity index (χ2n) is 10.1. The van der Waals surface area contributed by atoms with E-state index in [0.717, 1.165) is 23.4 Å². The van der Waals surface area contributed by atoms with Gasteiger partial charge in [-0.25, -0.2) is 4.79 Å². The molecule has 1 heterocycles. The molecule has 1 aliphatic heterocycles. The fourth-order valence-corrected chi connectivity index (χ4v) is 4.29. The van der Waals surface area contributed by atoms with E-state index in [1.165, 1.54) is 0 Å². The summed E-state index contributed by atoms with van der Waals surface area (Å²) in [6.07, 6.45) is 1.25. The molecular weight excluding hydrogens is 422 g/mol. The Hall–Kier alpha value is -2.41. The highest BCUT2D eigenvalue weighted by atomic mass is 32.1. The van der Waals surface area contributed by atoms with E-state index >= 15 is 0 Å². The van der Waals surface area contributed by atoms with Crippen LogP contribution in [-0.2, 0) is 14.3 Å². The first-order valence-electron chi connectivity index (χ1n) is 11.1. The predicted molar refractivity (Wildman–Crippen MR) is 133 cm³/mol. The van der Waals surface area contributed by atoms with Crippen LogP contribution in [0.3, 0.4) is 0 Å². The third-order valence-electron chi connectivity index (χ3n) is 5.34. The minimum Gasteiger partial charge on any atom is -0.459 e. The first-order chi connectivity index (χ1) is 14.8. The van der Waals surface area contributed by atoms with Gasteiger partial charge in [0.15, 0.2) is 5.11 Å². The van der Waals surface area contributed by atoms with E-state index in [-0.39, 0.29) is 23.4 Å². The number of nitrogens with one attached hydrogen (secondary N) is 2. The number of thiocarbonyl (C=S) groups is 1. The Labute approximate surface area is 197 Å². The van der Waals surface area contributed by atoms with Crippen molar-refractivity contribution in [1.82, 2.24) is 10.2 Å². The highest BCUT2D eigenvalue weighted by molar-refractivity contribution is 7.80. The van der Waals surface area contributed by atoms with Gasteiger partial charge in [-0.05, 0) is 68.4 Å². The van der Waals surface area contributed by atoms with Crippen LogP contribution < -0.4 is 10.6 Å². The summed E-state index contributed by atoms with van der Waals surface area (Å²) < 4.78 is 5.48. The van der Waals surface area contributed by atoms with Gasteiger partial charge < -0.3 is 20.3 Å². The normalized spacial score (nSPS) is 17.8. The summed E-state index contributed by atoms with van der Waals surface area (Å²) >= 11 is 5.44. The summed E-state index contributed by atoms with van der Waals surface area (Å²) in [5.74, 6) is -0.0547. The fraction of sp³-hybridized carbons (Fsp3) is 0.560. The summed E-state index contributed by atoms with van der Waals surface area (Å²) in [4.78, 5) is 27.0. The molecule has 2 N–H and O–H groups in total. The van der Waals surface area contributed by atoms with Crippen molar-refractivity contribution in [3.8, 4) is 0 Å². The van der Waals surface area contributed by atoms with Gasteiger partial charge in [0.25, 0.3) is 0 Å². The number of esters is 1. The van der Waals surface area contributed by atoms with Crippen LogP contribution in [0.5, 0.6) is 0 Å². The summed E-state index contributed by atoms with van der Waals surface area (Å²) in [6.45, 7) is 14.2. The van der Waals surface area contributed by atoms with Crippen LogP contribution in [-0.4, -0.2) is 35.0 Å². The van der Waals surface area contributed by atoms with Crippen LogP contribution >= 0.6 is 12.2 Å². The molecule has 0 saturated heterocycles. The maximum atomic E-state index is 12.8. The summed E-state index contributed by atoms with van der Waals surface area (Å²) in [6, 6.07) is 7.09. The maximum absolute atomic E-state index is 12.8. The Bertz CT molecular complexity index is 885. The van der Waals surface area contributed by atoms with Crippen LogP contribution in [0.15, 0.2) is 35.5 Å². The van der Waals surface area contributed by atoms with Crippen molar-refractivity contribution in [2.75, 3.05) is 12.4 Å². The lowest BCUT2D eigenvalue weighted by Crippen LogP contribution is -2.46. The van der Waals surface area contributed by atoms with Gasteiger partial charge in [0.2, 0.25) is 5.91 Å². The van der Waals surface area contributed by atoms with E-state index in [0.29, 0.717) is 23.0 Å². The summed E-state index contributed by atoms with van der Waals surface area (Å²) in [5.41, 5.74) is 3.08. The van der Waals surface area contributed by atoms with Gasteiger partial charge in [-0.3, -0.25) is 4.79 Å². The van der Waals surface area contributed by atoms with Gasteiger partial charge in [0, 0.05) is 24.9 Å². The maximum Gasteiger partial charge on any atom is 0.338 e. The van der Waals surface area contributed by atoms with Crippen molar-refractivity contribution >= 4 is 34.9 Å². The second-order valence-corrected chi connectivity index (χ2v) is 10.5. The Morgan fingerprint density at radius 1 is 1.19 bits per heavy atom. The monoisotopic (exact) mass is 459 g/mol. The molecule has 32 heavy (non-hydrogen) atoms. The van der Waals surface area contributed by atoms with Gasteiger partial charge in [0.05, 0.1) is 17.7 Å². The van der Waals surface area contributed by atoms with Crippen molar-refractivity contribution in [1.29, 1.82) is 0 Å². The minimum absolute atomic E-state index is 0.00466. The van der Waals surface area contributed by atoms with Crippen LogP contribution in [0.4, 0.5) is 5.69 Å². The zero-order valence-electron chi connectivity index (χ0n) is 20.5. The lowest BCUT2D eigenvalue weighted by molar-refractivity contribution is -0.143. The van der Waals surface area contributed by atoms with Gasteiger partial charge in [-0.2, -0.15) is 0 Å². The molecule has 7 heteroatoms. The van der Waals surface area contributed by atoms with Crippen molar-refractivity contribution in [2.45, 2.75) is 73.5 Å². The number of allylic oxidation sites excluding steroid dienone is 1. The number of amides is 1. The molecule has 0 radical (unpaired) electrons. The molecule has 1 aliphatic rings. The van der Waals surface area contributed by atoms with Gasteiger partial charge >= 0.3 is 5.97 Å². The molecule has 0 aliphatic carbocycles. The Balaban J connectivity index is 2.17. The molecule has 2 unspecified atom stereocenters. The standard InChI is InChI=1S/C25H37N3O3S/c1-15(2)31-23(30)21-17(4)28(8)24(32)27-22(21)18-9-11-19(12-10-18)26-20(29)13-16(3)14-25(5,6)7/h9-12,15-16,22H,13-14H2,1-8H3,(H,26,29)(H,27,32). The smallest absolute Gasteiger partial charge is 0.338 e. The lowest BCUT2D eigenvalue weighted by atomic mass is 9.84. The number of rotatable bonds is 7. The van der Waals surface area contributed by atoms with Crippen molar-refractivity contribution < 1.29 is 14.3 Å². The minimum atomic E-state index is -0.415. The van der Waals surface area contributed by atoms with Crippen LogP contribution in [0.2, 0.25) is 0 Å². The highest BCUT2D eigenvalue weighted by Gasteiger charge is 2.33. The largest absolute Gasteiger partial charge is 0.459 e. The second kappa shape index (κ2) is 10.5. The number of ether oxygens (including phenoxy) is 1. The van der Waals surface area contributed by atoms with Crippen molar-refractivity contribution in [2.24, 2.45) is 11.3 Å². The van der Waals surface area contributed by atoms with Gasteiger partial charge in [-0.15, -0.1) is 0 Å². The van der Waals surface area contributed by atoms with E-state index in [1.807, 2.05) is 52.1 Å². The molecule has 1 aromatic rings. The van der Waals surface area contributed by atoms with Crippen LogP contribution in [0, 0.1) is 11.3 Å². The molecule has 0 spiro atoms. The Morgan fingerprint density at radius 2 is 1.78 bits per heavy atom. The number of carbonyl (C=O) groups is 2. The fourth-order valence-electron chi connectivity index (χ4n) is 4.03. The summed E-state index contributed by atoms with van der Waals surface area (Å²) in [5, 5.41) is 6.75. The molecule has 1 aromatic carbocycles. The Morgan fingerprint density at radius 3 is 2.31 bits per heavy atom. The number of anilines is 1. The SMILES string of the molecule is CC1=C(C(=O)OC(C)C)C(c2ccc(NC(=O)CC(C)CC(C)(C)C)cc2)NC(=S)N1C. The van der Waals surface area contributed by atoms with E-state index in [2.05, 4.69) is 38.3 Å². The zero-order chi connectivity index (χ0) is 24.2. The van der Waals surface area contributed by atoms with E-state index in [4.69, 9.17) is 17.0 Å². The average molecular weight is 460 g/mol. The van der Waals surface area contributed by atoms with Crippen molar-refractivity contribution in [3.05, 3.63) is 41.1 Å². The van der Waals surface area contributed by atoms with E-state index in [1.54, 1.807) is 4.90 Å². The quantitative estimate of drug-likeness (QED) is 0.433. The predicted octanol–water partition coefficient (Wildman–Crippen LogP) is 5.17. The van der Waals surface area contributed by atoms with Crippen LogP contribution in [0.1, 0.15) is 72.9 Å². The molecule has 0 bridgehead atoms. The third kappa shape index (κ3) is 7.05. The number of nitrogens with zero attached hydrogens (tertiary/aromatic N) is 1. The topological polar surface area (TPSA) is 70.7 Å². The first kappa shape index (κ1) is 25.8. The molecule has 176 valence electrons. The average Bonchev–Trinajstić information content (AvgIpc) is 2.64. The van der Waals surface area contributed by atoms with Crippen LogP contribution in [0.25, 0.3) is 0 Å². The molecule has 2 atom stereocenters. The van der Waals surface area contributed by atoms with E-state index in [9.17, 15) is 9.59 Å². The molecule has 0 saturated carbocycles. The number of carbonyl (C=O) groups excluding carboxylic acids is 2. The van der Waals surface area contributed by atoms with E-state index < -0.39 is 6.04 Å².